The van der Waals surface area contributed by atoms with Crippen LogP contribution in [-0.2, 0) is 13.0 Å². The maximum Gasteiger partial charge on any atom is 0.180 e. The highest BCUT2D eigenvalue weighted by Gasteiger charge is 2.33. The third-order valence-electron chi connectivity index (χ3n) is 4.50. The molecule has 0 saturated carbocycles. The van der Waals surface area contributed by atoms with E-state index in [1.165, 1.54) is 0 Å². The Morgan fingerprint density at radius 3 is 2.91 bits per heavy atom. The van der Waals surface area contributed by atoms with E-state index < -0.39 is 12.2 Å². The predicted octanol–water partition coefficient (Wildman–Crippen LogP) is 2.17. The summed E-state index contributed by atoms with van der Waals surface area (Å²) in [5, 5.41) is 19.8. The molecule has 2 aromatic heterocycles. The number of aromatic nitrogens is 2. The number of ether oxygens (including phenoxy) is 1. The van der Waals surface area contributed by atoms with Crippen LogP contribution in [0.3, 0.4) is 0 Å². The van der Waals surface area contributed by atoms with E-state index >= 15 is 0 Å². The van der Waals surface area contributed by atoms with Crippen LogP contribution in [0.25, 0.3) is 5.65 Å². The van der Waals surface area contributed by atoms with Gasteiger partial charge in [-0.25, -0.2) is 4.98 Å². The van der Waals surface area contributed by atoms with Gasteiger partial charge in [0.25, 0.3) is 0 Å². The number of nitrogens with zero attached hydrogens (tertiary/aromatic N) is 2. The van der Waals surface area contributed by atoms with Crippen molar-refractivity contribution in [1.29, 1.82) is 0 Å². The fraction of sp³-hybridized carbons (Fsp3) is 0.278. The Morgan fingerprint density at radius 1 is 1.26 bits per heavy atom. The Labute approximate surface area is 133 Å². The van der Waals surface area contributed by atoms with Crippen molar-refractivity contribution in [1.82, 2.24) is 9.38 Å². The molecule has 4 rings (SSSR count). The predicted molar refractivity (Wildman–Crippen MR) is 85.4 cm³/mol. The first-order valence-electron chi connectivity index (χ1n) is 7.69. The van der Waals surface area contributed by atoms with Gasteiger partial charge in [0, 0.05) is 18.3 Å². The van der Waals surface area contributed by atoms with Crippen molar-refractivity contribution in [2.24, 2.45) is 0 Å². The van der Waals surface area contributed by atoms with Gasteiger partial charge in [-0.15, -0.1) is 0 Å². The van der Waals surface area contributed by atoms with Crippen LogP contribution in [0.5, 0.6) is 5.75 Å². The quantitative estimate of drug-likeness (QED) is 0.778. The second-order valence-corrected chi connectivity index (χ2v) is 5.88. The molecule has 0 saturated heterocycles. The molecule has 23 heavy (non-hydrogen) atoms. The van der Waals surface area contributed by atoms with E-state index in [4.69, 9.17) is 4.74 Å². The van der Waals surface area contributed by atoms with Crippen molar-refractivity contribution in [3.8, 4) is 5.75 Å². The molecule has 0 spiro atoms. The Balaban J connectivity index is 1.76. The normalized spacial score (nSPS) is 20.0. The second kappa shape index (κ2) is 5.37. The number of benzene rings is 1. The first-order chi connectivity index (χ1) is 11.2. The van der Waals surface area contributed by atoms with Gasteiger partial charge in [0.2, 0.25) is 0 Å². The molecule has 2 N–H and O–H groups in total. The minimum Gasteiger partial charge on any atom is -0.479 e. The monoisotopic (exact) mass is 310 g/mol. The van der Waals surface area contributed by atoms with Gasteiger partial charge in [0.1, 0.15) is 0 Å². The van der Waals surface area contributed by atoms with E-state index in [0.717, 1.165) is 16.8 Å². The van der Waals surface area contributed by atoms with Gasteiger partial charge in [-0.1, -0.05) is 24.3 Å². The molecular weight excluding hydrogens is 292 g/mol. The fourth-order valence-corrected chi connectivity index (χ4v) is 3.27. The summed E-state index contributed by atoms with van der Waals surface area (Å²) in [5.74, 6) is 0.607. The van der Waals surface area contributed by atoms with E-state index in [2.05, 4.69) is 4.98 Å². The molecule has 0 fully saturated rings. The average Bonchev–Trinajstić information content (AvgIpc) is 3.06. The number of hydrogen-bond donors (Lipinski definition) is 2. The topological polar surface area (TPSA) is 67.0 Å². The molecule has 118 valence electrons. The molecule has 1 aromatic carbocycles. The van der Waals surface area contributed by atoms with Crippen LogP contribution < -0.4 is 4.74 Å². The lowest BCUT2D eigenvalue weighted by molar-refractivity contribution is 0.0502. The Kier molecular flexibility index (Phi) is 3.32. The molecule has 5 nitrogen and oxygen atoms in total. The van der Waals surface area contributed by atoms with E-state index in [1.54, 1.807) is 0 Å². The molecule has 3 aromatic rings. The standard InChI is InChI=1S/C18H18N2O3/c1-11-14(10-21)19-18-16(7-4-8-20(11)18)23-17-13-6-3-2-5-12(13)9-15(17)22/h2-8,15,17,21-22H,9-10H2,1H3. The Hall–Kier alpha value is -2.37. The highest BCUT2D eigenvalue weighted by Crippen LogP contribution is 2.36. The van der Waals surface area contributed by atoms with Crippen molar-refractivity contribution < 1.29 is 14.9 Å². The first-order valence-corrected chi connectivity index (χ1v) is 7.69. The van der Waals surface area contributed by atoms with Crippen molar-refractivity contribution in [3.05, 3.63) is 65.1 Å². The molecule has 1 aliphatic rings. The molecule has 0 amide bonds. The third-order valence-corrected chi connectivity index (χ3v) is 4.50. The lowest BCUT2D eigenvalue weighted by Crippen LogP contribution is -2.19. The Morgan fingerprint density at radius 2 is 2.09 bits per heavy atom. The highest BCUT2D eigenvalue weighted by molar-refractivity contribution is 5.56. The lowest BCUT2D eigenvalue weighted by Gasteiger charge is -2.18. The number of aliphatic hydroxyl groups is 2. The van der Waals surface area contributed by atoms with Crippen molar-refractivity contribution in [2.75, 3.05) is 0 Å². The van der Waals surface area contributed by atoms with E-state index in [-0.39, 0.29) is 6.61 Å². The largest absolute Gasteiger partial charge is 0.479 e. The molecule has 2 heterocycles. The van der Waals surface area contributed by atoms with E-state index in [1.807, 2.05) is 53.9 Å². The summed E-state index contributed by atoms with van der Waals surface area (Å²) in [4.78, 5) is 4.46. The Bertz CT molecular complexity index is 872. The summed E-state index contributed by atoms with van der Waals surface area (Å²) >= 11 is 0. The number of pyridine rings is 1. The summed E-state index contributed by atoms with van der Waals surface area (Å²) in [5.41, 5.74) is 4.32. The van der Waals surface area contributed by atoms with Gasteiger partial charge in [0.05, 0.1) is 18.4 Å². The van der Waals surface area contributed by atoms with Gasteiger partial charge < -0.3 is 19.4 Å². The van der Waals surface area contributed by atoms with E-state index in [9.17, 15) is 10.2 Å². The summed E-state index contributed by atoms with van der Waals surface area (Å²) in [6, 6.07) is 11.7. The molecule has 2 unspecified atom stereocenters. The highest BCUT2D eigenvalue weighted by atomic mass is 16.5. The van der Waals surface area contributed by atoms with Crippen LogP contribution in [0.1, 0.15) is 28.6 Å². The van der Waals surface area contributed by atoms with Gasteiger partial charge in [-0.2, -0.15) is 0 Å². The number of aryl methyl sites for hydroxylation is 1. The smallest absolute Gasteiger partial charge is 0.180 e. The first kappa shape index (κ1) is 14.2. The van der Waals surface area contributed by atoms with Crippen LogP contribution >= 0.6 is 0 Å². The zero-order valence-corrected chi connectivity index (χ0v) is 12.8. The SMILES string of the molecule is Cc1c(CO)nc2c(OC3c4ccccc4CC3O)cccn12. The van der Waals surface area contributed by atoms with Gasteiger partial charge in [-0.05, 0) is 30.2 Å². The molecule has 5 heteroatoms. The number of hydrogen-bond acceptors (Lipinski definition) is 4. The van der Waals surface area contributed by atoms with Crippen LogP contribution in [0.4, 0.5) is 0 Å². The minimum absolute atomic E-state index is 0.109. The third kappa shape index (κ3) is 2.20. The van der Waals surface area contributed by atoms with Crippen LogP contribution in [0.15, 0.2) is 42.6 Å². The summed E-state index contributed by atoms with van der Waals surface area (Å²) in [7, 11) is 0. The van der Waals surface area contributed by atoms with Crippen molar-refractivity contribution in [2.45, 2.75) is 32.2 Å². The maximum absolute atomic E-state index is 10.4. The van der Waals surface area contributed by atoms with Crippen LogP contribution in [-0.4, -0.2) is 25.7 Å². The number of imidazole rings is 1. The average molecular weight is 310 g/mol. The molecule has 0 aliphatic heterocycles. The van der Waals surface area contributed by atoms with Crippen molar-refractivity contribution >= 4 is 5.65 Å². The van der Waals surface area contributed by atoms with Gasteiger partial charge in [-0.3, -0.25) is 0 Å². The maximum atomic E-state index is 10.4. The summed E-state index contributed by atoms with van der Waals surface area (Å²) in [6.45, 7) is 1.80. The minimum atomic E-state index is -0.568. The lowest BCUT2D eigenvalue weighted by atomic mass is 10.1. The van der Waals surface area contributed by atoms with Crippen LogP contribution in [0, 0.1) is 6.92 Å². The molecule has 2 atom stereocenters. The van der Waals surface area contributed by atoms with Gasteiger partial charge in [0.15, 0.2) is 17.5 Å². The summed E-state index contributed by atoms with van der Waals surface area (Å²) in [6.07, 6.45) is 1.52. The summed E-state index contributed by atoms with van der Waals surface area (Å²) < 4.78 is 8.02. The second-order valence-electron chi connectivity index (χ2n) is 5.88. The van der Waals surface area contributed by atoms with E-state index in [0.29, 0.717) is 23.5 Å². The zero-order chi connectivity index (χ0) is 16.0. The van der Waals surface area contributed by atoms with Gasteiger partial charge >= 0.3 is 0 Å². The zero-order valence-electron chi connectivity index (χ0n) is 12.8. The van der Waals surface area contributed by atoms with Crippen LogP contribution in [0.2, 0.25) is 0 Å². The molecule has 0 radical (unpaired) electrons. The number of fused-ring (bicyclic) bond motifs is 2. The van der Waals surface area contributed by atoms with Crippen molar-refractivity contribution in [3.63, 3.8) is 0 Å². The molecule has 0 bridgehead atoms. The number of rotatable bonds is 3. The molecular formula is C18H18N2O3. The fourth-order valence-electron chi connectivity index (χ4n) is 3.27. The number of aliphatic hydroxyl groups excluding tert-OH is 2. The molecule has 1 aliphatic carbocycles.